The van der Waals surface area contributed by atoms with E-state index in [0.717, 1.165) is 35.7 Å². The zero-order valence-electron chi connectivity index (χ0n) is 17.2. The summed E-state index contributed by atoms with van der Waals surface area (Å²) in [5.41, 5.74) is 3.24. The molecule has 2 heterocycles. The zero-order valence-corrected chi connectivity index (χ0v) is 18.0. The van der Waals surface area contributed by atoms with Crippen LogP contribution in [-0.2, 0) is 15.9 Å². The molecular formula is C24H29ClO5. The Hall–Kier alpha value is -1.63. The van der Waals surface area contributed by atoms with Crippen molar-refractivity contribution in [1.29, 1.82) is 0 Å². The Morgan fingerprint density at radius 1 is 1.13 bits per heavy atom. The maximum atomic E-state index is 10.1. The van der Waals surface area contributed by atoms with E-state index in [2.05, 4.69) is 19.1 Å². The summed E-state index contributed by atoms with van der Waals surface area (Å²) < 4.78 is 17.1. The fourth-order valence-electron chi connectivity index (χ4n) is 3.97. The van der Waals surface area contributed by atoms with Gasteiger partial charge < -0.3 is 24.4 Å². The number of hydrogen-bond acceptors (Lipinski definition) is 5. The largest absolute Gasteiger partial charge is 0.493 e. The Balaban J connectivity index is 1.42. The Morgan fingerprint density at radius 2 is 1.90 bits per heavy atom. The molecule has 5 nitrogen and oxygen atoms in total. The molecule has 2 aliphatic heterocycles. The van der Waals surface area contributed by atoms with Crippen molar-refractivity contribution in [2.45, 2.75) is 44.5 Å². The van der Waals surface area contributed by atoms with Gasteiger partial charge in [-0.15, -0.1) is 0 Å². The highest BCUT2D eigenvalue weighted by Gasteiger charge is 2.34. The van der Waals surface area contributed by atoms with Crippen molar-refractivity contribution in [3.05, 3.63) is 64.2 Å². The van der Waals surface area contributed by atoms with Gasteiger partial charge in [-0.3, -0.25) is 0 Å². The van der Waals surface area contributed by atoms with E-state index in [9.17, 15) is 10.2 Å². The third-order valence-electron chi connectivity index (χ3n) is 5.83. The molecule has 2 saturated heterocycles. The molecule has 6 heteroatoms. The van der Waals surface area contributed by atoms with Crippen LogP contribution in [0.15, 0.2) is 42.5 Å². The summed E-state index contributed by atoms with van der Waals surface area (Å²) in [6, 6.07) is 13.9. The van der Waals surface area contributed by atoms with E-state index >= 15 is 0 Å². The van der Waals surface area contributed by atoms with E-state index in [4.69, 9.17) is 25.8 Å². The Morgan fingerprint density at radius 3 is 2.57 bits per heavy atom. The topological polar surface area (TPSA) is 68.2 Å². The number of aliphatic hydroxyl groups is 2. The monoisotopic (exact) mass is 432 g/mol. The first-order valence-corrected chi connectivity index (χ1v) is 10.8. The Labute approximate surface area is 182 Å². The maximum absolute atomic E-state index is 10.1. The van der Waals surface area contributed by atoms with Gasteiger partial charge in [-0.2, -0.15) is 0 Å². The summed E-state index contributed by atoms with van der Waals surface area (Å²) in [7, 11) is 0. The van der Waals surface area contributed by atoms with E-state index < -0.39 is 6.10 Å². The van der Waals surface area contributed by atoms with Crippen molar-refractivity contribution in [3.8, 4) is 5.75 Å². The molecule has 30 heavy (non-hydrogen) atoms. The standard InChI is InChI=1S/C24H29ClO5/c1-24(13-28-14-24)15-29-20-5-2-16(3-6-20)8-18-9-17(4-7-22(18)25)23-11-19(27)10-21(12-26)30-23/h2-7,9,19,21,23,26-27H,8,10-15H2,1H3/t19-,21-,23+/m0/s1. The summed E-state index contributed by atoms with van der Waals surface area (Å²) in [4.78, 5) is 0. The molecule has 2 N–H and O–H groups in total. The first-order valence-electron chi connectivity index (χ1n) is 10.5. The second-order valence-electron chi connectivity index (χ2n) is 8.82. The molecule has 4 rings (SSSR count). The van der Waals surface area contributed by atoms with E-state index in [1.54, 1.807) is 0 Å². The fourth-order valence-corrected chi connectivity index (χ4v) is 4.15. The maximum Gasteiger partial charge on any atom is 0.119 e. The van der Waals surface area contributed by atoms with Crippen molar-refractivity contribution < 1.29 is 24.4 Å². The van der Waals surface area contributed by atoms with Gasteiger partial charge in [0, 0.05) is 23.3 Å². The quantitative estimate of drug-likeness (QED) is 0.694. The lowest BCUT2D eigenvalue weighted by Gasteiger charge is -2.37. The molecule has 162 valence electrons. The Kier molecular flexibility index (Phi) is 6.66. The number of benzene rings is 2. The molecule has 0 spiro atoms. The lowest BCUT2D eigenvalue weighted by Crippen LogP contribution is -2.44. The lowest BCUT2D eigenvalue weighted by atomic mass is 9.90. The molecule has 2 aromatic rings. The van der Waals surface area contributed by atoms with Crippen LogP contribution in [0.25, 0.3) is 0 Å². The minimum Gasteiger partial charge on any atom is -0.493 e. The molecule has 0 unspecified atom stereocenters. The number of halogens is 1. The number of hydrogen-bond donors (Lipinski definition) is 2. The van der Waals surface area contributed by atoms with Gasteiger partial charge in [0.05, 0.1) is 44.7 Å². The van der Waals surface area contributed by atoms with E-state index in [1.807, 2.05) is 30.3 Å². The van der Waals surface area contributed by atoms with Gasteiger partial charge in [0.25, 0.3) is 0 Å². The summed E-state index contributed by atoms with van der Waals surface area (Å²) in [5, 5.41) is 20.2. The van der Waals surface area contributed by atoms with Crippen molar-refractivity contribution in [3.63, 3.8) is 0 Å². The smallest absolute Gasteiger partial charge is 0.119 e. The number of rotatable bonds is 7. The van der Waals surface area contributed by atoms with Gasteiger partial charge in [-0.25, -0.2) is 0 Å². The minimum absolute atomic E-state index is 0.0887. The molecule has 0 bridgehead atoms. The van der Waals surface area contributed by atoms with Crippen LogP contribution in [0.2, 0.25) is 5.02 Å². The highest BCUT2D eigenvalue weighted by molar-refractivity contribution is 6.31. The van der Waals surface area contributed by atoms with Crippen LogP contribution in [0.5, 0.6) is 5.75 Å². The van der Waals surface area contributed by atoms with Crippen molar-refractivity contribution in [2.24, 2.45) is 5.41 Å². The van der Waals surface area contributed by atoms with Crippen LogP contribution in [0.1, 0.15) is 42.6 Å². The van der Waals surface area contributed by atoms with Crippen LogP contribution in [0, 0.1) is 5.41 Å². The molecule has 2 fully saturated rings. The fraction of sp³-hybridized carbons (Fsp3) is 0.500. The SMILES string of the molecule is CC1(COc2ccc(Cc3cc([C@H]4C[C@@H](O)C[C@@H](CO)O4)ccc3Cl)cc2)COC1. The highest BCUT2D eigenvalue weighted by atomic mass is 35.5. The molecule has 3 atom stereocenters. The third kappa shape index (κ3) is 5.16. The molecule has 0 radical (unpaired) electrons. The Bertz CT molecular complexity index is 849. The molecule has 0 aliphatic carbocycles. The third-order valence-corrected chi connectivity index (χ3v) is 6.20. The summed E-state index contributed by atoms with van der Waals surface area (Å²) in [6.45, 7) is 4.23. The predicted molar refractivity (Wildman–Crippen MR) is 115 cm³/mol. The molecular weight excluding hydrogens is 404 g/mol. The van der Waals surface area contributed by atoms with Crippen molar-refractivity contribution in [2.75, 3.05) is 26.4 Å². The average Bonchev–Trinajstić information content (AvgIpc) is 2.73. The zero-order chi connectivity index (χ0) is 21.1. The molecule has 2 aliphatic rings. The lowest BCUT2D eigenvalue weighted by molar-refractivity contribution is -0.120. The van der Waals surface area contributed by atoms with Gasteiger partial charge in [0.15, 0.2) is 0 Å². The van der Waals surface area contributed by atoms with Crippen LogP contribution in [0.4, 0.5) is 0 Å². The molecule has 0 saturated carbocycles. The van der Waals surface area contributed by atoms with Crippen LogP contribution in [-0.4, -0.2) is 48.8 Å². The number of aliphatic hydroxyl groups excluding tert-OH is 2. The molecule has 0 amide bonds. The highest BCUT2D eigenvalue weighted by Crippen LogP contribution is 2.34. The van der Waals surface area contributed by atoms with Gasteiger partial charge in [-0.1, -0.05) is 42.8 Å². The first kappa shape index (κ1) is 21.6. The van der Waals surface area contributed by atoms with Crippen molar-refractivity contribution in [1.82, 2.24) is 0 Å². The van der Waals surface area contributed by atoms with Crippen molar-refractivity contribution >= 4 is 11.6 Å². The summed E-state index contributed by atoms with van der Waals surface area (Å²) in [6.07, 6.45) is 0.633. The van der Waals surface area contributed by atoms with Gasteiger partial charge in [-0.05, 0) is 41.3 Å². The second-order valence-corrected chi connectivity index (χ2v) is 9.23. The summed E-state index contributed by atoms with van der Waals surface area (Å²) >= 11 is 6.46. The van der Waals surface area contributed by atoms with E-state index in [-0.39, 0.29) is 24.2 Å². The predicted octanol–water partition coefficient (Wildman–Crippen LogP) is 3.92. The van der Waals surface area contributed by atoms with Crippen LogP contribution in [0.3, 0.4) is 0 Å². The molecule has 0 aromatic heterocycles. The van der Waals surface area contributed by atoms with E-state index in [0.29, 0.717) is 30.9 Å². The van der Waals surface area contributed by atoms with Crippen LogP contribution >= 0.6 is 11.6 Å². The summed E-state index contributed by atoms with van der Waals surface area (Å²) in [5.74, 6) is 0.853. The average molecular weight is 433 g/mol. The molecule has 2 aromatic carbocycles. The number of ether oxygens (including phenoxy) is 3. The van der Waals surface area contributed by atoms with Gasteiger partial charge >= 0.3 is 0 Å². The van der Waals surface area contributed by atoms with Gasteiger partial charge in [0.1, 0.15) is 5.75 Å². The normalized spacial score (nSPS) is 25.5. The second kappa shape index (κ2) is 9.25. The minimum atomic E-state index is -0.471. The van der Waals surface area contributed by atoms with E-state index in [1.165, 1.54) is 0 Å². The first-order chi connectivity index (χ1) is 14.4. The van der Waals surface area contributed by atoms with Gasteiger partial charge in [0.2, 0.25) is 0 Å². The van der Waals surface area contributed by atoms with Crippen LogP contribution < -0.4 is 4.74 Å².